The van der Waals surface area contributed by atoms with Gasteiger partial charge in [-0.3, -0.25) is 9.59 Å². The van der Waals surface area contributed by atoms with Crippen LogP contribution in [-0.2, 0) is 35.4 Å². The van der Waals surface area contributed by atoms with Crippen molar-refractivity contribution >= 4 is 34.3 Å². The van der Waals surface area contributed by atoms with Gasteiger partial charge >= 0.3 is 5.97 Å². The van der Waals surface area contributed by atoms with Crippen molar-refractivity contribution in [1.29, 1.82) is 0 Å². The van der Waals surface area contributed by atoms with Crippen molar-refractivity contribution in [3.63, 3.8) is 0 Å². The highest BCUT2D eigenvalue weighted by molar-refractivity contribution is 6.30. The van der Waals surface area contributed by atoms with Crippen molar-refractivity contribution in [3.8, 4) is 0 Å². The van der Waals surface area contributed by atoms with Crippen LogP contribution < -0.4 is 5.32 Å². The molecule has 1 aliphatic carbocycles. The van der Waals surface area contributed by atoms with Gasteiger partial charge in [0.25, 0.3) is 0 Å². The average Bonchev–Trinajstić information content (AvgIpc) is 3.02. The van der Waals surface area contributed by atoms with Crippen LogP contribution in [0.2, 0.25) is 5.02 Å². The monoisotopic (exact) mass is 442 g/mol. The number of carbonyl (C=O) groups excluding carboxylic acids is 1. The van der Waals surface area contributed by atoms with Crippen molar-refractivity contribution in [2.75, 3.05) is 6.54 Å². The first kappa shape index (κ1) is 21.5. The van der Waals surface area contributed by atoms with Crippen LogP contribution in [0.4, 0.5) is 4.39 Å². The predicted molar refractivity (Wildman–Crippen MR) is 118 cm³/mol. The number of hydrogen-bond donors (Lipinski definition) is 2. The number of Topliss-reactive ketones (excluding diaryl/α,β-unsaturated/α-hetero) is 1. The fourth-order valence-electron chi connectivity index (χ4n) is 4.45. The molecule has 7 heteroatoms. The molecular formula is C24H24ClFN2O3. The molecule has 1 aromatic heterocycles. The van der Waals surface area contributed by atoms with Crippen LogP contribution in [0.15, 0.2) is 42.5 Å². The molecule has 31 heavy (non-hydrogen) atoms. The molecule has 4 rings (SSSR count). The van der Waals surface area contributed by atoms with Crippen LogP contribution in [0.25, 0.3) is 10.9 Å². The minimum atomic E-state index is -0.913. The Balaban J connectivity index is 1.40. The van der Waals surface area contributed by atoms with Gasteiger partial charge in [-0.2, -0.15) is 0 Å². The Hall–Kier alpha value is -2.70. The third-order valence-electron chi connectivity index (χ3n) is 5.87. The van der Waals surface area contributed by atoms with Crippen molar-refractivity contribution in [1.82, 2.24) is 9.88 Å². The Morgan fingerprint density at radius 2 is 1.97 bits per heavy atom. The van der Waals surface area contributed by atoms with E-state index in [1.165, 1.54) is 12.1 Å². The van der Waals surface area contributed by atoms with E-state index in [9.17, 15) is 19.1 Å². The third-order valence-corrected chi connectivity index (χ3v) is 6.13. The number of benzene rings is 2. The zero-order valence-electron chi connectivity index (χ0n) is 17.0. The standard InChI is InChI=1S/C24H24ClFN2O3/c25-16-3-1-15(2-4-16)11-19(29)9-10-27-18-6-8-23-21(13-18)20-12-17(26)5-7-22(20)28(23)14-24(30)31/h1-5,7,12,18,27H,6,8-11,13-14H2,(H,30,31)/t18-/m0/s1. The third kappa shape index (κ3) is 4.97. The fourth-order valence-corrected chi connectivity index (χ4v) is 4.57. The molecule has 0 bridgehead atoms. The zero-order valence-corrected chi connectivity index (χ0v) is 17.8. The van der Waals surface area contributed by atoms with Crippen molar-refractivity contribution in [2.24, 2.45) is 0 Å². The van der Waals surface area contributed by atoms with Gasteiger partial charge in [-0.1, -0.05) is 23.7 Å². The number of rotatable bonds is 8. The van der Waals surface area contributed by atoms with Gasteiger partial charge in [0.05, 0.1) is 0 Å². The first-order chi connectivity index (χ1) is 14.9. The number of nitrogens with one attached hydrogen (secondary N) is 1. The van der Waals surface area contributed by atoms with Crippen LogP contribution in [0.3, 0.4) is 0 Å². The first-order valence-corrected chi connectivity index (χ1v) is 10.8. The van der Waals surface area contributed by atoms with Gasteiger partial charge in [0.15, 0.2) is 0 Å². The van der Waals surface area contributed by atoms with Gasteiger partial charge in [0.2, 0.25) is 0 Å². The van der Waals surface area contributed by atoms with E-state index < -0.39 is 5.97 Å². The lowest BCUT2D eigenvalue weighted by molar-refractivity contribution is -0.137. The van der Waals surface area contributed by atoms with Crippen LogP contribution in [0.5, 0.6) is 0 Å². The Kier molecular flexibility index (Phi) is 6.39. The Morgan fingerprint density at radius 3 is 2.71 bits per heavy atom. The van der Waals surface area contributed by atoms with Crippen molar-refractivity contribution in [3.05, 3.63) is 70.1 Å². The highest BCUT2D eigenvalue weighted by Gasteiger charge is 2.26. The maximum absolute atomic E-state index is 13.9. The SMILES string of the molecule is O=C(O)Cn1c2c(c3cc(F)ccc31)C[C@@H](NCCC(=O)Cc1ccc(Cl)cc1)CC2. The maximum atomic E-state index is 13.9. The molecule has 0 amide bonds. The molecule has 0 spiro atoms. The molecule has 2 N–H and O–H groups in total. The number of aromatic nitrogens is 1. The molecule has 2 aromatic carbocycles. The number of fused-ring (bicyclic) bond motifs is 3. The Bertz CT molecular complexity index is 1120. The van der Waals surface area contributed by atoms with Crippen LogP contribution in [-0.4, -0.2) is 34.0 Å². The van der Waals surface area contributed by atoms with Crippen molar-refractivity contribution < 1.29 is 19.1 Å². The van der Waals surface area contributed by atoms with Gasteiger partial charge in [0, 0.05) is 47.0 Å². The Labute approximate surface area is 184 Å². The van der Waals surface area contributed by atoms with Gasteiger partial charge in [-0.25, -0.2) is 4.39 Å². The number of carboxylic acids is 1. The summed E-state index contributed by atoms with van der Waals surface area (Å²) in [5.41, 5.74) is 3.68. The summed E-state index contributed by atoms with van der Waals surface area (Å²) < 4.78 is 15.7. The molecule has 0 saturated heterocycles. The quantitative estimate of drug-likeness (QED) is 0.549. The van der Waals surface area contributed by atoms with Gasteiger partial charge in [0.1, 0.15) is 18.1 Å². The van der Waals surface area contributed by atoms with E-state index in [4.69, 9.17) is 11.6 Å². The highest BCUT2D eigenvalue weighted by Crippen LogP contribution is 2.33. The lowest BCUT2D eigenvalue weighted by atomic mass is 9.91. The Morgan fingerprint density at radius 1 is 1.19 bits per heavy atom. The summed E-state index contributed by atoms with van der Waals surface area (Å²) >= 11 is 5.88. The molecule has 1 atom stereocenters. The topological polar surface area (TPSA) is 71.3 Å². The summed E-state index contributed by atoms with van der Waals surface area (Å²) in [4.78, 5) is 23.6. The molecule has 0 unspecified atom stereocenters. The minimum Gasteiger partial charge on any atom is -0.480 e. The smallest absolute Gasteiger partial charge is 0.323 e. The van der Waals surface area contributed by atoms with Gasteiger partial charge < -0.3 is 15.0 Å². The van der Waals surface area contributed by atoms with Crippen LogP contribution in [0.1, 0.15) is 29.7 Å². The molecule has 0 aliphatic heterocycles. The minimum absolute atomic E-state index is 0.130. The van der Waals surface area contributed by atoms with Crippen molar-refractivity contribution in [2.45, 2.75) is 44.7 Å². The summed E-state index contributed by atoms with van der Waals surface area (Å²) in [6.07, 6.45) is 3.07. The summed E-state index contributed by atoms with van der Waals surface area (Å²) in [5.74, 6) is -1.08. The summed E-state index contributed by atoms with van der Waals surface area (Å²) in [7, 11) is 0. The molecule has 3 aromatic rings. The number of halogens is 2. The van der Waals surface area contributed by atoms with E-state index in [1.54, 1.807) is 22.8 Å². The summed E-state index contributed by atoms with van der Waals surface area (Å²) in [6.45, 7) is 0.448. The number of hydrogen-bond acceptors (Lipinski definition) is 3. The average molecular weight is 443 g/mol. The van der Waals surface area contributed by atoms with Gasteiger partial charge in [-0.15, -0.1) is 0 Å². The van der Waals surface area contributed by atoms with Crippen LogP contribution in [0, 0.1) is 5.82 Å². The summed E-state index contributed by atoms with van der Waals surface area (Å²) in [5, 5.41) is 14.2. The number of ketones is 1. The molecular weight excluding hydrogens is 419 g/mol. The second-order valence-electron chi connectivity index (χ2n) is 8.05. The van der Waals surface area contributed by atoms with Gasteiger partial charge in [-0.05, 0) is 60.7 Å². The van der Waals surface area contributed by atoms with E-state index in [-0.39, 0.29) is 24.2 Å². The van der Waals surface area contributed by atoms with E-state index in [0.717, 1.165) is 40.6 Å². The first-order valence-electron chi connectivity index (χ1n) is 10.4. The molecule has 0 radical (unpaired) electrons. The normalized spacial score (nSPS) is 15.7. The second kappa shape index (κ2) is 9.20. The number of carbonyl (C=O) groups is 2. The van der Waals surface area contributed by atoms with E-state index in [0.29, 0.717) is 30.8 Å². The molecule has 162 valence electrons. The molecule has 0 saturated carbocycles. The zero-order chi connectivity index (χ0) is 22.0. The number of carboxylic acid groups (broad SMARTS) is 1. The lowest BCUT2D eigenvalue weighted by Crippen LogP contribution is -2.36. The maximum Gasteiger partial charge on any atom is 0.323 e. The van der Waals surface area contributed by atoms with Crippen LogP contribution >= 0.6 is 11.6 Å². The largest absolute Gasteiger partial charge is 0.480 e. The van der Waals surface area contributed by atoms with E-state index in [1.807, 2.05) is 12.1 Å². The predicted octanol–water partition coefficient (Wildman–Crippen LogP) is 4.17. The van der Waals surface area contributed by atoms with E-state index in [2.05, 4.69) is 5.32 Å². The summed E-state index contributed by atoms with van der Waals surface area (Å²) in [6, 6.07) is 12.0. The fraction of sp³-hybridized carbons (Fsp3) is 0.333. The molecule has 1 heterocycles. The second-order valence-corrected chi connectivity index (χ2v) is 8.49. The van der Waals surface area contributed by atoms with E-state index >= 15 is 0 Å². The number of aliphatic carboxylic acids is 1. The lowest BCUT2D eigenvalue weighted by Gasteiger charge is -2.25. The highest BCUT2D eigenvalue weighted by atomic mass is 35.5. The number of nitrogens with zero attached hydrogens (tertiary/aromatic N) is 1. The molecule has 0 fully saturated rings. The molecule has 1 aliphatic rings. The molecule has 5 nitrogen and oxygen atoms in total.